The van der Waals surface area contributed by atoms with Crippen LogP contribution in [0.25, 0.3) is 0 Å². The molecular weight excluding hydrogens is 486 g/mol. The van der Waals surface area contributed by atoms with Gasteiger partial charge in [-0.25, -0.2) is 18.2 Å². The predicted molar refractivity (Wildman–Crippen MR) is 130 cm³/mol. The van der Waals surface area contributed by atoms with Crippen molar-refractivity contribution in [3.63, 3.8) is 0 Å². The van der Waals surface area contributed by atoms with Crippen molar-refractivity contribution in [3.8, 4) is 17.5 Å². The van der Waals surface area contributed by atoms with Crippen LogP contribution in [0.3, 0.4) is 0 Å². The van der Waals surface area contributed by atoms with Crippen LogP contribution in [0.15, 0.2) is 59.6 Å². The smallest absolute Gasteiger partial charge is 0.339 e. The number of aromatic nitrogens is 2. The number of benzene rings is 1. The van der Waals surface area contributed by atoms with E-state index in [0.29, 0.717) is 18.6 Å². The molecule has 36 heavy (non-hydrogen) atoms. The fourth-order valence-corrected chi connectivity index (χ4v) is 4.91. The number of methoxy groups -OCH3 is 1. The van der Waals surface area contributed by atoms with E-state index in [9.17, 15) is 18.0 Å². The highest BCUT2D eigenvalue weighted by Crippen LogP contribution is 2.34. The van der Waals surface area contributed by atoms with Crippen LogP contribution >= 0.6 is 0 Å². The van der Waals surface area contributed by atoms with Gasteiger partial charge < -0.3 is 19.5 Å². The standard InChI is InChI=1S/C25H25N3O7S/c1-15(2)34-22-12-17(24(29)27-21-11-4-16(14-26-21)25(30)33-3)13-23(28-22)35-18-5-7-19(8-6-18)36(31,32)20-9-10-20/h4-8,11-15,20H,9-10H2,1-3H3,(H,26,27,29). The maximum absolute atomic E-state index is 12.9. The average molecular weight is 512 g/mol. The highest BCUT2D eigenvalue weighted by atomic mass is 32.2. The molecule has 0 unspecified atom stereocenters. The van der Waals surface area contributed by atoms with E-state index in [-0.39, 0.29) is 45.0 Å². The molecule has 2 heterocycles. The number of carbonyl (C=O) groups excluding carboxylic acids is 2. The highest BCUT2D eigenvalue weighted by Gasteiger charge is 2.36. The second-order valence-electron chi connectivity index (χ2n) is 8.39. The molecule has 0 radical (unpaired) electrons. The molecule has 11 heteroatoms. The monoisotopic (exact) mass is 511 g/mol. The van der Waals surface area contributed by atoms with Gasteiger partial charge >= 0.3 is 5.97 Å². The van der Waals surface area contributed by atoms with Gasteiger partial charge in [-0.3, -0.25) is 4.79 Å². The summed E-state index contributed by atoms with van der Waals surface area (Å²) in [4.78, 5) is 33.1. The molecule has 0 aliphatic heterocycles. The number of nitrogens with zero attached hydrogens (tertiary/aromatic N) is 2. The number of hydrogen-bond acceptors (Lipinski definition) is 9. The van der Waals surface area contributed by atoms with Crippen LogP contribution in [0.4, 0.5) is 5.82 Å². The van der Waals surface area contributed by atoms with E-state index in [2.05, 4.69) is 20.0 Å². The van der Waals surface area contributed by atoms with E-state index in [1.165, 1.54) is 49.7 Å². The fourth-order valence-electron chi connectivity index (χ4n) is 3.25. The number of carbonyl (C=O) groups is 2. The van der Waals surface area contributed by atoms with E-state index in [1.54, 1.807) is 12.1 Å². The summed E-state index contributed by atoms with van der Waals surface area (Å²) in [6, 6.07) is 11.9. The summed E-state index contributed by atoms with van der Waals surface area (Å²) in [6.07, 6.45) is 2.46. The molecule has 1 aliphatic rings. The Morgan fingerprint density at radius 1 is 1.00 bits per heavy atom. The van der Waals surface area contributed by atoms with Crippen molar-refractivity contribution in [1.82, 2.24) is 9.97 Å². The Labute approximate surface area is 208 Å². The molecule has 1 aromatic carbocycles. The molecule has 188 valence electrons. The fraction of sp³-hybridized carbons (Fsp3) is 0.280. The van der Waals surface area contributed by atoms with E-state index < -0.39 is 21.7 Å². The number of hydrogen-bond donors (Lipinski definition) is 1. The number of anilines is 1. The summed E-state index contributed by atoms with van der Waals surface area (Å²) in [5.41, 5.74) is 0.445. The Balaban J connectivity index is 1.54. The second kappa shape index (κ2) is 10.3. The summed E-state index contributed by atoms with van der Waals surface area (Å²) in [5, 5.41) is 2.34. The van der Waals surface area contributed by atoms with Gasteiger partial charge in [0.1, 0.15) is 11.6 Å². The van der Waals surface area contributed by atoms with Crippen molar-refractivity contribution in [3.05, 3.63) is 65.9 Å². The zero-order valence-corrected chi connectivity index (χ0v) is 20.7. The molecule has 4 rings (SSSR count). The van der Waals surface area contributed by atoms with Crippen molar-refractivity contribution in [2.75, 3.05) is 12.4 Å². The van der Waals surface area contributed by atoms with Gasteiger partial charge in [-0.1, -0.05) is 0 Å². The molecule has 3 aromatic rings. The van der Waals surface area contributed by atoms with Gasteiger partial charge in [0.05, 0.1) is 34.5 Å². The third-order valence-corrected chi connectivity index (χ3v) is 7.44. The summed E-state index contributed by atoms with van der Waals surface area (Å²) >= 11 is 0. The van der Waals surface area contributed by atoms with Crippen LogP contribution in [0, 0.1) is 0 Å². The Bertz CT molecular complexity index is 1370. The Morgan fingerprint density at radius 2 is 1.69 bits per heavy atom. The first kappa shape index (κ1) is 25.1. The van der Waals surface area contributed by atoms with Crippen LogP contribution in [-0.4, -0.2) is 48.7 Å². The summed E-state index contributed by atoms with van der Waals surface area (Å²) < 4.78 is 40.9. The SMILES string of the molecule is COC(=O)c1ccc(NC(=O)c2cc(Oc3ccc(S(=O)(=O)C4CC4)cc3)nc(OC(C)C)c2)nc1. The van der Waals surface area contributed by atoms with Crippen molar-refractivity contribution in [2.45, 2.75) is 42.9 Å². The van der Waals surface area contributed by atoms with E-state index in [1.807, 2.05) is 13.8 Å². The number of pyridine rings is 2. The quantitative estimate of drug-likeness (QED) is 0.423. The third-order valence-electron chi connectivity index (χ3n) is 5.16. The van der Waals surface area contributed by atoms with Gasteiger partial charge in [-0.15, -0.1) is 0 Å². The normalized spacial score (nSPS) is 13.2. The van der Waals surface area contributed by atoms with Gasteiger partial charge in [0.2, 0.25) is 11.8 Å². The van der Waals surface area contributed by atoms with Crippen molar-refractivity contribution in [2.24, 2.45) is 0 Å². The van der Waals surface area contributed by atoms with E-state index >= 15 is 0 Å². The molecule has 0 atom stereocenters. The lowest BCUT2D eigenvalue weighted by molar-refractivity contribution is 0.0600. The maximum atomic E-state index is 12.9. The molecule has 1 fully saturated rings. The molecule has 1 aliphatic carbocycles. The minimum Gasteiger partial charge on any atom is -0.475 e. The highest BCUT2D eigenvalue weighted by molar-refractivity contribution is 7.92. The van der Waals surface area contributed by atoms with Gasteiger partial charge in [0.25, 0.3) is 5.91 Å². The number of esters is 1. The van der Waals surface area contributed by atoms with Crippen molar-refractivity contribution >= 4 is 27.5 Å². The van der Waals surface area contributed by atoms with Gasteiger partial charge in [-0.2, -0.15) is 4.98 Å². The summed E-state index contributed by atoms with van der Waals surface area (Å²) in [7, 11) is -2.04. The lowest BCUT2D eigenvalue weighted by Gasteiger charge is -2.13. The first-order valence-corrected chi connectivity index (χ1v) is 12.8. The minimum atomic E-state index is -3.31. The number of amides is 1. The minimum absolute atomic E-state index is 0.0881. The Morgan fingerprint density at radius 3 is 2.28 bits per heavy atom. The van der Waals surface area contributed by atoms with Gasteiger partial charge in [-0.05, 0) is 63.1 Å². The zero-order valence-electron chi connectivity index (χ0n) is 19.9. The van der Waals surface area contributed by atoms with Crippen LogP contribution in [0.2, 0.25) is 0 Å². The Kier molecular flexibility index (Phi) is 7.20. The maximum Gasteiger partial charge on any atom is 0.339 e. The first-order chi connectivity index (χ1) is 17.2. The molecule has 10 nitrogen and oxygen atoms in total. The average Bonchev–Trinajstić information content (AvgIpc) is 3.70. The van der Waals surface area contributed by atoms with Crippen molar-refractivity contribution in [1.29, 1.82) is 0 Å². The third kappa shape index (κ3) is 5.98. The van der Waals surface area contributed by atoms with Crippen LogP contribution in [0.5, 0.6) is 17.5 Å². The van der Waals surface area contributed by atoms with Crippen LogP contribution < -0.4 is 14.8 Å². The lowest BCUT2D eigenvalue weighted by atomic mass is 10.2. The molecule has 0 saturated heterocycles. The molecule has 0 spiro atoms. The zero-order chi connectivity index (χ0) is 25.9. The number of sulfone groups is 1. The van der Waals surface area contributed by atoms with E-state index in [4.69, 9.17) is 9.47 Å². The largest absolute Gasteiger partial charge is 0.475 e. The molecule has 1 amide bonds. The van der Waals surface area contributed by atoms with Gasteiger partial charge in [0, 0.05) is 18.3 Å². The summed E-state index contributed by atoms with van der Waals surface area (Å²) in [5.74, 6) is -0.194. The van der Waals surface area contributed by atoms with Crippen molar-refractivity contribution < 1.29 is 32.2 Å². The molecule has 2 aromatic heterocycles. The summed E-state index contributed by atoms with van der Waals surface area (Å²) in [6.45, 7) is 3.64. The lowest BCUT2D eigenvalue weighted by Crippen LogP contribution is -2.15. The predicted octanol–water partition coefficient (Wildman–Crippen LogP) is 4.03. The molecule has 1 saturated carbocycles. The van der Waals surface area contributed by atoms with E-state index in [0.717, 1.165) is 0 Å². The Hall–Kier alpha value is -3.99. The van der Waals surface area contributed by atoms with Crippen LogP contribution in [0.1, 0.15) is 47.4 Å². The van der Waals surface area contributed by atoms with Crippen LogP contribution in [-0.2, 0) is 14.6 Å². The molecular formula is C25H25N3O7S. The topological polar surface area (TPSA) is 134 Å². The number of rotatable bonds is 9. The first-order valence-electron chi connectivity index (χ1n) is 11.2. The molecule has 1 N–H and O–H groups in total. The molecule has 0 bridgehead atoms. The number of ether oxygens (including phenoxy) is 3. The number of nitrogens with one attached hydrogen (secondary N) is 1. The second-order valence-corrected chi connectivity index (χ2v) is 10.6. The van der Waals surface area contributed by atoms with Gasteiger partial charge in [0.15, 0.2) is 9.84 Å².